The summed E-state index contributed by atoms with van der Waals surface area (Å²) in [5, 5.41) is 4.76. The van der Waals surface area contributed by atoms with E-state index >= 15 is 0 Å². The molecule has 4 rings (SSSR count). The Morgan fingerprint density at radius 1 is 1.27 bits per heavy atom. The summed E-state index contributed by atoms with van der Waals surface area (Å²) in [7, 11) is 1.77. The normalized spacial score (nSPS) is 20.5. The van der Waals surface area contributed by atoms with Crippen LogP contribution in [0.15, 0.2) is 35.1 Å². The minimum absolute atomic E-state index is 0.131. The highest BCUT2D eigenvalue weighted by atomic mass is 16.5. The molecule has 2 atom stereocenters. The fourth-order valence-corrected chi connectivity index (χ4v) is 3.93. The van der Waals surface area contributed by atoms with Gasteiger partial charge in [-0.05, 0) is 25.7 Å². The van der Waals surface area contributed by atoms with Crippen LogP contribution in [0, 0.1) is 0 Å². The van der Waals surface area contributed by atoms with E-state index in [9.17, 15) is 4.79 Å². The molecule has 0 saturated heterocycles. The van der Waals surface area contributed by atoms with Crippen LogP contribution in [-0.4, -0.2) is 32.8 Å². The molecule has 0 spiro atoms. The quantitative estimate of drug-likeness (QED) is 0.782. The van der Waals surface area contributed by atoms with Gasteiger partial charge in [0, 0.05) is 18.6 Å². The lowest BCUT2D eigenvalue weighted by atomic mass is 9.86. The molecule has 6 nitrogen and oxygen atoms in total. The van der Waals surface area contributed by atoms with Crippen LogP contribution in [0.2, 0.25) is 0 Å². The number of aryl methyl sites for hydroxylation is 1. The number of hydrogen-bond acceptors (Lipinski definition) is 4. The topological polar surface area (TPSA) is 72.3 Å². The molecule has 2 aromatic heterocycles. The summed E-state index contributed by atoms with van der Waals surface area (Å²) in [5.74, 6) is 1.73. The molecule has 2 unspecified atom stereocenters. The van der Waals surface area contributed by atoms with Crippen LogP contribution >= 0.6 is 0 Å². The third kappa shape index (κ3) is 2.94. The van der Waals surface area contributed by atoms with E-state index in [1.54, 1.807) is 11.6 Å². The zero-order valence-electron chi connectivity index (χ0n) is 15.2. The van der Waals surface area contributed by atoms with Crippen LogP contribution in [0.25, 0.3) is 16.9 Å². The molecule has 3 aromatic rings. The number of ether oxygens (including phenoxy) is 1. The Hall–Kier alpha value is -2.47. The highest BCUT2D eigenvalue weighted by Gasteiger charge is 2.28. The molecule has 0 radical (unpaired) electrons. The van der Waals surface area contributed by atoms with Crippen molar-refractivity contribution in [3.8, 4) is 11.4 Å². The molecule has 1 aromatic carbocycles. The van der Waals surface area contributed by atoms with Crippen molar-refractivity contribution in [3.05, 3.63) is 52.2 Å². The van der Waals surface area contributed by atoms with E-state index < -0.39 is 0 Å². The number of nitrogens with zero attached hydrogens (tertiary/aromatic N) is 3. The van der Waals surface area contributed by atoms with Gasteiger partial charge in [-0.3, -0.25) is 4.79 Å². The molecule has 0 bridgehead atoms. The van der Waals surface area contributed by atoms with E-state index in [-0.39, 0.29) is 17.6 Å². The van der Waals surface area contributed by atoms with Gasteiger partial charge in [0.2, 0.25) is 0 Å². The maximum atomic E-state index is 12.8. The number of aromatic nitrogens is 4. The summed E-state index contributed by atoms with van der Waals surface area (Å²) < 4.78 is 7.36. The number of H-pyrrole nitrogens is 1. The number of fused-ring (bicyclic) bond motifs is 1. The van der Waals surface area contributed by atoms with Crippen molar-refractivity contribution in [1.82, 2.24) is 19.6 Å². The number of hydrogen-bond donors (Lipinski definition) is 1. The smallest absolute Gasteiger partial charge is 0.277 e. The fraction of sp³-hybridized carbons (Fsp3) is 0.450. The monoisotopic (exact) mass is 352 g/mol. The van der Waals surface area contributed by atoms with Crippen molar-refractivity contribution in [3.63, 3.8) is 0 Å². The number of aromatic amines is 1. The van der Waals surface area contributed by atoms with Crippen LogP contribution in [0.3, 0.4) is 0 Å². The molecule has 2 heterocycles. The molecule has 1 aliphatic rings. The van der Waals surface area contributed by atoms with E-state index in [0.717, 1.165) is 42.8 Å². The molecule has 1 saturated carbocycles. The second-order valence-electron chi connectivity index (χ2n) is 6.92. The number of benzene rings is 1. The first-order chi connectivity index (χ1) is 12.7. The van der Waals surface area contributed by atoms with Crippen LogP contribution < -0.4 is 5.56 Å². The largest absolute Gasteiger partial charge is 0.381 e. The molecular formula is C20H24N4O2. The molecule has 26 heavy (non-hydrogen) atoms. The van der Waals surface area contributed by atoms with Crippen molar-refractivity contribution in [2.45, 2.75) is 51.0 Å². The molecule has 0 amide bonds. The third-order valence-corrected chi connectivity index (χ3v) is 5.31. The zero-order chi connectivity index (χ0) is 18.1. The van der Waals surface area contributed by atoms with Gasteiger partial charge >= 0.3 is 0 Å². The van der Waals surface area contributed by atoms with Gasteiger partial charge in [0.15, 0.2) is 11.3 Å². The Kier molecular flexibility index (Phi) is 4.59. The Labute approximate surface area is 152 Å². The molecule has 6 heteroatoms. The van der Waals surface area contributed by atoms with E-state index in [4.69, 9.17) is 14.8 Å². The van der Waals surface area contributed by atoms with Gasteiger partial charge in [0.05, 0.1) is 11.8 Å². The molecular weight excluding hydrogens is 328 g/mol. The van der Waals surface area contributed by atoms with Crippen LogP contribution in [0.4, 0.5) is 0 Å². The Morgan fingerprint density at radius 2 is 2.08 bits per heavy atom. The summed E-state index contributed by atoms with van der Waals surface area (Å²) in [6, 6.07) is 9.73. The van der Waals surface area contributed by atoms with Gasteiger partial charge < -0.3 is 9.72 Å². The first-order valence-electron chi connectivity index (χ1n) is 9.31. The van der Waals surface area contributed by atoms with Crippen molar-refractivity contribution in [1.29, 1.82) is 0 Å². The maximum Gasteiger partial charge on any atom is 0.277 e. The van der Waals surface area contributed by atoms with Crippen LogP contribution in [-0.2, 0) is 11.2 Å². The average Bonchev–Trinajstić information content (AvgIpc) is 3.08. The summed E-state index contributed by atoms with van der Waals surface area (Å²) in [6.07, 6.45) is 5.13. The minimum atomic E-state index is -0.131. The van der Waals surface area contributed by atoms with Gasteiger partial charge in [-0.1, -0.05) is 43.7 Å². The SMILES string of the molecule is CCc1nc(C2CCCC(OC)C2)n2nc(-c3ccccc3)[nH]c(=O)c12. The number of methoxy groups -OCH3 is 1. The lowest BCUT2D eigenvalue weighted by Crippen LogP contribution is -2.23. The molecule has 1 aliphatic carbocycles. The summed E-state index contributed by atoms with van der Waals surface area (Å²) in [5.41, 5.74) is 2.14. The predicted octanol–water partition coefficient (Wildman–Crippen LogP) is 3.32. The van der Waals surface area contributed by atoms with Crippen LogP contribution in [0.5, 0.6) is 0 Å². The highest BCUT2D eigenvalue weighted by Crippen LogP contribution is 2.34. The Balaban J connectivity index is 1.87. The number of nitrogens with one attached hydrogen (secondary N) is 1. The average molecular weight is 352 g/mol. The second kappa shape index (κ2) is 7.03. The lowest BCUT2D eigenvalue weighted by molar-refractivity contribution is 0.0622. The summed E-state index contributed by atoms with van der Waals surface area (Å²) in [4.78, 5) is 20.5. The van der Waals surface area contributed by atoms with E-state index in [1.165, 1.54) is 0 Å². The van der Waals surface area contributed by atoms with Crippen molar-refractivity contribution < 1.29 is 4.74 Å². The fourth-order valence-electron chi connectivity index (χ4n) is 3.93. The molecule has 0 aliphatic heterocycles. The summed E-state index contributed by atoms with van der Waals surface area (Å²) in [6.45, 7) is 2.02. The predicted molar refractivity (Wildman–Crippen MR) is 100 cm³/mol. The second-order valence-corrected chi connectivity index (χ2v) is 6.92. The third-order valence-electron chi connectivity index (χ3n) is 5.31. The first kappa shape index (κ1) is 17.0. The van der Waals surface area contributed by atoms with Crippen molar-refractivity contribution in [2.75, 3.05) is 7.11 Å². The standard InChI is InChI=1S/C20H24N4O2/c1-3-16-17-20(25)22-18(13-8-5-4-6-9-13)23-24(17)19(21-16)14-10-7-11-15(12-14)26-2/h4-6,8-9,14-15H,3,7,10-12H2,1-2H3,(H,22,23,25). The molecule has 1 N–H and O–H groups in total. The van der Waals surface area contributed by atoms with Crippen LogP contribution in [0.1, 0.15) is 50.0 Å². The van der Waals surface area contributed by atoms with Gasteiger partial charge in [-0.25, -0.2) is 9.50 Å². The van der Waals surface area contributed by atoms with E-state index in [0.29, 0.717) is 17.8 Å². The Morgan fingerprint density at radius 3 is 2.81 bits per heavy atom. The summed E-state index contributed by atoms with van der Waals surface area (Å²) >= 11 is 0. The lowest BCUT2D eigenvalue weighted by Gasteiger charge is -2.27. The molecule has 1 fully saturated rings. The first-order valence-corrected chi connectivity index (χ1v) is 9.31. The zero-order valence-corrected chi connectivity index (χ0v) is 15.2. The number of imidazole rings is 1. The van der Waals surface area contributed by atoms with Gasteiger partial charge in [-0.15, -0.1) is 5.10 Å². The van der Waals surface area contributed by atoms with Crippen molar-refractivity contribution in [2.24, 2.45) is 0 Å². The maximum absolute atomic E-state index is 12.8. The van der Waals surface area contributed by atoms with E-state index in [2.05, 4.69) is 4.98 Å². The van der Waals surface area contributed by atoms with Gasteiger partial charge in [0.25, 0.3) is 5.56 Å². The van der Waals surface area contributed by atoms with Crippen molar-refractivity contribution >= 4 is 5.52 Å². The highest BCUT2D eigenvalue weighted by molar-refractivity contribution is 5.58. The van der Waals surface area contributed by atoms with Gasteiger partial charge in [-0.2, -0.15) is 0 Å². The number of rotatable bonds is 4. The molecule has 136 valence electrons. The van der Waals surface area contributed by atoms with Gasteiger partial charge in [0.1, 0.15) is 5.82 Å². The van der Waals surface area contributed by atoms with E-state index in [1.807, 2.05) is 37.3 Å². The Bertz CT molecular complexity index is 961. The minimum Gasteiger partial charge on any atom is -0.381 e.